The number of ether oxygens (including phenoxy) is 1. The Morgan fingerprint density at radius 3 is 2.94 bits per heavy atom. The van der Waals surface area contributed by atoms with Crippen LogP contribution in [0.5, 0.6) is 0 Å². The smallest absolute Gasteiger partial charge is 0.203 e. The maximum absolute atomic E-state index is 11.2. The van der Waals surface area contributed by atoms with Crippen LogP contribution in [0.25, 0.3) is 0 Å². The van der Waals surface area contributed by atoms with Crippen LogP contribution in [-0.4, -0.2) is 45.5 Å². The molecule has 0 aliphatic rings. The fraction of sp³-hybridized carbons (Fsp3) is 0.750. The Bertz CT molecular complexity index is 393. The molecule has 0 aliphatic carbocycles. The lowest BCUT2D eigenvalue weighted by Crippen LogP contribution is -2.17. The summed E-state index contributed by atoms with van der Waals surface area (Å²) in [6, 6.07) is 0. The van der Waals surface area contributed by atoms with E-state index in [1.165, 1.54) is 0 Å². The normalized spacial score (nSPS) is 14.4. The molecule has 0 spiro atoms. The van der Waals surface area contributed by atoms with Crippen LogP contribution in [0, 0.1) is 6.92 Å². The average molecular weight is 273 g/mol. The highest BCUT2D eigenvalue weighted by Crippen LogP contribution is 2.09. The van der Waals surface area contributed by atoms with Gasteiger partial charge in [0.25, 0.3) is 0 Å². The number of aromatic nitrogens is 2. The van der Waals surface area contributed by atoms with Gasteiger partial charge in [0.1, 0.15) is 0 Å². The molecule has 0 bridgehead atoms. The SMILES string of the molecule is COCCn1cc(C)nc1NCCC(C)S(C)=O. The van der Waals surface area contributed by atoms with E-state index in [-0.39, 0.29) is 5.25 Å². The monoisotopic (exact) mass is 273 g/mol. The molecule has 0 aliphatic heterocycles. The number of hydrogen-bond donors (Lipinski definition) is 1. The molecule has 2 atom stereocenters. The first-order valence-electron chi connectivity index (χ1n) is 6.13. The van der Waals surface area contributed by atoms with Gasteiger partial charge in [-0.25, -0.2) is 4.98 Å². The van der Waals surface area contributed by atoms with Crippen molar-refractivity contribution in [1.29, 1.82) is 0 Å². The molecule has 0 fully saturated rings. The van der Waals surface area contributed by atoms with Crippen LogP contribution in [-0.2, 0) is 22.1 Å². The second-order valence-electron chi connectivity index (χ2n) is 4.42. The van der Waals surface area contributed by atoms with Crippen LogP contribution in [0.2, 0.25) is 0 Å². The largest absolute Gasteiger partial charge is 0.383 e. The van der Waals surface area contributed by atoms with Crippen molar-refractivity contribution in [3.8, 4) is 0 Å². The molecule has 1 rings (SSSR count). The lowest BCUT2D eigenvalue weighted by Gasteiger charge is -2.11. The summed E-state index contributed by atoms with van der Waals surface area (Å²) < 4.78 is 18.4. The molecule has 18 heavy (non-hydrogen) atoms. The molecule has 6 heteroatoms. The van der Waals surface area contributed by atoms with Gasteiger partial charge >= 0.3 is 0 Å². The Labute approximate surface area is 111 Å². The number of anilines is 1. The van der Waals surface area contributed by atoms with Crippen molar-refractivity contribution >= 4 is 16.7 Å². The second-order valence-corrected chi connectivity index (χ2v) is 6.22. The highest BCUT2D eigenvalue weighted by Gasteiger charge is 2.08. The lowest BCUT2D eigenvalue weighted by atomic mass is 10.3. The third-order valence-corrected chi connectivity index (χ3v) is 4.20. The van der Waals surface area contributed by atoms with E-state index in [1.54, 1.807) is 13.4 Å². The number of nitrogens with one attached hydrogen (secondary N) is 1. The van der Waals surface area contributed by atoms with Gasteiger partial charge < -0.3 is 14.6 Å². The molecule has 1 aromatic heterocycles. The zero-order valence-corrected chi connectivity index (χ0v) is 12.4. The third kappa shape index (κ3) is 4.78. The summed E-state index contributed by atoms with van der Waals surface area (Å²) in [6.45, 7) is 6.21. The molecule has 5 nitrogen and oxygen atoms in total. The first kappa shape index (κ1) is 15.2. The van der Waals surface area contributed by atoms with Crippen molar-refractivity contribution in [2.24, 2.45) is 0 Å². The van der Waals surface area contributed by atoms with Crippen molar-refractivity contribution in [2.75, 3.05) is 31.8 Å². The number of imidazole rings is 1. The number of nitrogens with zero attached hydrogens (tertiary/aromatic N) is 2. The third-order valence-electron chi connectivity index (χ3n) is 2.83. The Kier molecular flexibility index (Phi) is 6.35. The Morgan fingerprint density at radius 2 is 2.33 bits per heavy atom. The van der Waals surface area contributed by atoms with Crippen LogP contribution >= 0.6 is 0 Å². The predicted molar refractivity (Wildman–Crippen MR) is 75.5 cm³/mol. The molecule has 1 aromatic rings. The van der Waals surface area contributed by atoms with Crippen molar-refractivity contribution < 1.29 is 8.95 Å². The molecule has 2 unspecified atom stereocenters. The van der Waals surface area contributed by atoms with Crippen LogP contribution in [0.1, 0.15) is 19.0 Å². The van der Waals surface area contributed by atoms with Crippen LogP contribution in [0.15, 0.2) is 6.20 Å². The van der Waals surface area contributed by atoms with Gasteiger partial charge in [0, 0.05) is 48.7 Å². The lowest BCUT2D eigenvalue weighted by molar-refractivity contribution is 0.187. The van der Waals surface area contributed by atoms with Crippen LogP contribution < -0.4 is 5.32 Å². The number of rotatable bonds is 8. The molecular weight excluding hydrogens is 250 g/mol. The number of hydrogen-bond acceptors (Lipinski definition) is 4. The van der Waals surface area contributed by atoms with E-state index in [1.807, 2.05) is 24.6 Å². The first-order valence-corrected chi connectivity index (χ1v) is 7.75. The van der Waals surface area contributed by atoms with Gasteiger partial charge in [-0.15, -0.1) is 0 Å². The molecule has 0 aromatic carbocycles. The van der Waals surface area contributed by atoms with E-state index >= 15 is 0 Å². The van der Waals surface area contributed by atoms with Crippen LogP contribution in [0.3, 0.4) is 0 Å². The fourth-order valence-corrected chi connectivity index (χ4v) is 2.05. The summed E-state index contributed by atoms with van der Waals surface area (Å²) >= 11 is 0. The van der Waals surface area contributed by atoms with Gasteiger partial charge in [-0.3, -0.25) is 4.21 Å². The van der Waals surface area contributed by atoms with E-state index in [4.69, 9.17) is 4.74 Å². The fourth-order valence-electron chi connectivity index (χ4n) is 1.60. The summed E-state index contributed by atoms with van der Waals surface area (Å²) in [5.41, 5.74) is 0.987. The Hall–Kier alpha value is -0.880. The van der Waals surface area contributed by atoms with Gasteiger partial charge in [0.05, 0.1) is 12.3 Å². The predicted octanol–water partition coefficient (Wildman–Crippen LogP) is 1.41. The summed E-state index contributed by atoms with van der Waals surface area (Å²) in [7, 11) is 0.929. The quantitative estimate of drug-likeness (QED) is 0.778. The minimum atomic E-state index is -0.760. The van der Waals surface area contributed by atoms with E-state index in [2.05, 4.69) is 10.3 Å². The summed E-state index contributed by atoms with van der Waals surface area (Å²) in [5, 5.41) is 3.50. The molecular formula is C12H23N3O2S. The topological polar surface area (TPSA) is 56.1 Å². The molecule has 0 radical (unpaired) electrons. The van der Waals surface area contributed by atoms with E-state index < -0.39 is 10.8 Å². The maximum atomic E-state index is 11.2. The second kappa shape index (κ2) is 7.53. The highest BCUT2D eigenvalue weighted by molar-refractivity contribution is 7.84. The molecule has 1 heterocycles. The Morgan fingerprint density at radius 1 is 1.61 bits per heavy atom. The van der Waals surface area contributed by atoms with Crippen molar-refractivity contribution in [2.45, 2.75) is 32.1 Å². The molecule has 1 N–H and O–H groups in total. The van der Waals surface area contributed by atoms with E-state index in [9.17, 15) is 4.21 Å². The first-order chi connectivity index (χ1) is 8.54. The molecule has 0 saturated carbocycles. The summed E-state index contributed by atoms with van der Waals surface area (Å²) in [4.78, 5) is 4.43. The minimum Gasteiger partial charge on any atom is -0.383 e. The van der Waals surface area contributed by atoms with Gasteiger partial charge in [-0.1, -0.05) is 6.92 Å². The van der Waals surface area contributed by atoms with Gasteiger partial charge in [-0.05, 0) is 13.3 Å². The van der Waals surface area contributed by atoms with Crippen molar-refractivity contribution in [1.82, 2.24) is 9.55 Å². The molecule has 104 valence electrons. The summed E-state index contributed by atoms with van der Waals surface area (Å²) in [6.07, 6.45) is 4.62. The zero-order chi connectivity index (χ0) is 13.5. The molecule has 0 amide bonds. The number of methoxy groups -OCH3 is 1. The Balaban J connectivity index is 2.48. The van der Waals surface area contributed by atoms with Gasteiger partial charge in [-0.2, -0.15) is 0 Å². The standard InChI is InChI=1S/C12H23N3O2S/c1-10-9-15(7-8-17-3)12(14-10)13-6-5-11(2)18(4)16/h9,11H,5-8H2,1-4H3,(H,13,14). The number of aryl methyl sites for hydroxylation is 1. The van der Waals surface area contributed by atoms with Crippen molar-refractivity contribution in [3.63, 3.8) is 0 Å². The van der Waals surface area contributed by atoms with Gasteiger partial charge in [0.15, 0.2) is 0 Å². The maximum Gasteiger partial charge on any atom is 0.203 e. The average Bonchev–Trinajstić information content (AvgIpc) is 2.66. The summed E-state index contributed by atoms with van der Waals surface area (Å²) in [5.74, 6) is 0.860. The highest BCUT2D eigenvalue weighted by atomic mass is 32.2. The minimum absolute atomic E-state index is 0.209. The molecule has 0 saturated heterocycles. The zero-order valence-electron chi connectivity index (χ0n) is 11.6. The van der Waals surface area contributed by atoms with Crippen LogP contribution in [0.4, 0.5) is 5.95 Å². The van der Waals surface area contributed by atoms with E-state index in [0.717, 1.165) is 31.2 Å². The van der Waals surface area contributed by atoms with Crippen molar-refractivity contribution in [3.05, 3.63) is 11.9 Å². The van der Waals surface area contributed by atoms with E-state index in [0.29, 0.717) is 6.61 Å². The van der Waals surface area contributed by atoms with Gasteiger partial charge in [0.2, 0.25) is 5.95 Å².